The summed E-state index contributed by atoms with van der Waals surface area (Å²) in [6.07, 6.45) is 4.25. The van der Waals surface area contributed by atoms with Crippen molar-refractivity contribution in [1.82, 2.24) is 0 Å². The zero-order valence-corrected chi connectivity index (χ0v) is 10.5. The summed E-state index contributed by atoms with van der Waals surface area (Å²) in [7, 11) is 0. The van der Waals surface area contributed by atoms with E-state index >= 15 is 0 Å². The maximum Gasteiger partial charge on any atom is 0.169 e. The Hall–Kier alpha value is -0.280. The third kappa shape index (κ3) is 2.64. The summed E-state index contributed by atoms with van der Waals surface area (Å²) in [5, 5.41) is 10.1. The third-order valence-corrected chi connectivity index (χ3v) is 3.82. The van der Waals surface area contributed by atoms with E-state index < -0.39 is 6.10 Å². The normalized spacial score (nSPS) is 29.0. The molecule has 1 fully saturated rings. The van der Waals surface area contributed by atoms with Gasteiger partial charge in [0.05, 0.1) is 0 Å². The van der Waals surface area contributed by atoms with Crippen molar-refractivity contribution in [3.8, 4) is 0 Å². The van der Waals surface area contributed by atoms with Crippen LogP contribution in [0.3, 0.4) is 0 Å². The van der Waals surface area contributed by atoms with Crippen molar-refractivity contribution >= 4 is 15.9 Å². The average Bonchev–Trinajstić information content (AvgIpc) is 2.65. The summed E-state index contributed by atoms with van der Waals surface area (Å²) >= 11 is 3.26. The van der Waals surface area contributed by atoms with Crippen LogP contribution in [0.15, 0.2) is 21.2 Å². The fourth-order valence-corrected chi connectivity index (χ4v) is 2.64. The third-order valence-electron chi connectivity index (χ3n) is 3.39. The molecule has 0 radical (unpaired) electrons. The number of halogens is 1. The maximum atomic E-state index is 10.1. The number of aliphatic hydroxyl groups is 1. The van der Waals surface area contributed by atoms with Crippen LogP contribution in [-0.4, -0.2) is 5.11 Å². The van der Waals surface area contributed by atoms with E-state index in [-0.39, 0.29) is 0 Å². The van der Waals surface area contributed by atoms with Crippen molar-refractivity contribution in [2.45, 2.75) is 38.7 Å². The Morgan fingerprint density at radius 1 is 1.33 bits per heavy atom. The average molecular weight is 273 g/mol. The molecule has 15 heavy (non-hydrogen) atoms. The molecule has 1 heterocycles. The quantitative estimate of drug-likeness (QED) is 0.886. The van der Waals surface area contributed by atoms with E-state index in [0.29, 0.717) is 16.3 Å². The number of hydrogen-bond acceptors (Lipinski definition) is 2. The number of aliphatic hydroxyl groups excluding tert-OH is 1. The molecule has 1 aliphatic carbocycles. The van der Waals surface area contributed by atoms with Gasteiger partial charge in [0.2, 0.25) is 0 Å². The fourth-order valence-electron chi connectivity index (χ4n) is 2.32. The lowest BCUT2D eigenvalue weighted by Gasteiger charge is -2.28. The van der Waals surface area contributed by atoms with E-state index in [1.165, 1.54) is 12.8 Å². The molecule has 0 bridgehead atoms. The van der Waals surface area contributed by atoms with Crippen LogP contribution in [0.25, 0.3) is 0 Å². The molecule has 3 heteroatoms. The first-order valence-electron chi connectivity index (χ1n) is 5.60. The van der Waals surface area contributed by atoms with Crippen LogP contribution in [0.4, 0.5) is 0 Å². The summed E-state index contributed by atoms with van der Waals surface area (Å²) in [5.74, 6) is 1.89. The fraction of sp³-hybridized carbons (Fsp3) is 0.667. The van der Waals surface area contributed by atoms with E-state index in [9.17, 15) is 5.11 Å². The number of rotatable bonds is 2. The molecule has 1 N–H and O–H groups in total. The Labute approximate surface area is 98.8 Å². The van der Waals surface area contributed by atoms with Gasteiger partial charge in [-0.05, 0) is 52.7 Å². The summed E-state index contributed by atoms with van der Waals surface area (Å²) in [6.45, 7) is 2.28. The summed E-state index contributed by atoms with van der Waals surface area (Å²) < 4.78 is 6.09. The zero-order chi connectivity index (χ0) is 10.8. The van der Waals surface area contributed by atoms with Crippen molar-refractivity contribution < 1.29 is 9.52 Å². The Balaban J connectivity index is 1.99. The minimum atomic E-state index is -0.427. The second-order valence-electron chi connectivity index (χ2n) is 4.61. The zero-order valence-electron chi connectivity index (χ0n) is 8.95. The van der Waals surface area contributed by atoms with Gasteiger partial charge < -0.3 is 9.52 Å². The van der Waals surface area contributed by atoms with Gasteiger partial charge in [0, 0.05) is 0 Å². The second-order valence-corrected chi connectivity index (χ2v) is 5.39. The molecular formula is C12H17BrO2. The van der Waals surface area contributed by atoms with Crippen molar-refractivity contribution in [3.05, 3.63) is 22.6 Å². The summed E-state index contributed by atoms with van der Waals surface area (Å²) in [6, 6.07) is 3.69. The SMILES string of the molecule is CC1CCC(C(O)c2ccc(Br)o2)CC1. The highest BCUT2D eigenvalue weighted by Crippen LogP contribution is 2.37. The van der Waals surface area contributed by atoms with Crippen molar-refractivity contribution in [2.24, 2.45) is 11.8 Å². The summed E-state index contributed by atoms with van der Waals surface area (Å²) in [4.78, 5) is 0. The molecular weight excluding hydrogens is 256 g/mol. The molecule has 0 spiro atoms. The van der Waals surface area contributed by atoms with E-state index in [4.69, 9.17) is 4.42 Å². The lowest BCUT2D eigenvalue weighted by atomic mass is 9.80. The molecule has 2 nitrogen and oxygen atoms in total. The lowest BCUT2D eigenvalue weighted by molar-refractivity contribution is 0.0567. The molecule has 1 saturated carbocycles. The molecule has 1 aromatic rings. The largest absolute Gasteiger partial charge is 0.452 e. The van der Waals surface area contributed by atoms with Gasteiger partial charge in [0.25, 0.3) is 0 Å². The van der Waals surface area contributed by atoms with Gasteiger partial charge in [0.15, 0.2) is 4.67 Å². The Kier molecular flexibility index (Phi) is 3.52. The molecule has 84 valence electrons. The first-order chi connectivity index (χ1) is 7.16. The first-order valence-corrected chi connectivity index (χ1v) is 6.39. The van der Waals surface area contributed by atoms with Gasteiger partial charge in [-0.1, -0.05) is 19.8 Å². The first kappa shape index (κ1) is 11.2. The Morgan fingerprint density at radius 3 is 2.53 bits per heavy atom. The van der Waals surface area contributed by atoms with E-state index in [1.807, 2.05) is 12.1 Å². The minimum absolute atomic E-state index is 0.374. The molecule has 1 atom stereocenters. The van der Waals surface area contributed by atoms with Crippen molar-refractivity contribution in [2.75, 3.05) is 0 Å². The monoisotopic (exact) mass is 272 g/mol. The van der Waals surface area contributed by atoms with Gasteiger partial charge >= 0.3 is 0 Å². The van der Waals surface area contributed by atoms with Gasteiger partial charge in [-0.3, -0.25) is 0 Å². The van der Waals surface area contributed by atoms with Gasteiger partial charge in [-0.25, -0.2) is 0 Å². The van der Waals surface area contributed by atoms with E-state index in [1.54, 1.807) is 0 Å². The molecule has 1 unspecified atom stereocenters. The highest BCUT2D eigenvalue weighted by atomic mass is 79.9. The molecule has 0 amide bonds. The Morgan fingerprint density at radius 2 is 2.00 bits per heavy atom. The molecule has 1 aliphatic rings. The van der Waals surface area contributed by atoms with Gasteiger partial charge in [0.1, 0.15) is 11.9 Å². The van der Waals surface area contributed by atoms with Crippen molar-refractivity contribution in [1.29, 1.82) is 0 Å². The maximum absolute atomic E-state index is 10.1. The topological polar surface area (TPSA) is 33.4 Å². The van der Waals surface area contributed by atoms with Crippen LogP contribution in [0.5, 0.6) is 0 Å². The van der Waals surface area contributed by atoms with E-state index in [2.05, 4.69) is 22.9 Å². The van der Waals surface area contributed by atoms with Crippen LogP contribution < -0.4 is 0 Å². The molecule has 0 saturated heterocycles. The van der Waals surface area contributed by atoms with Crippen LogP contribution in [-0.2, 0) is 0 Å². The van der Waals surface area contributed by atoms with E-state index in [0.717, 1.165) is 18.8 Å². The van der Waals surface area contributed by atoms with Crippen LogP contribution in [0, 0.1) is 11.8 Å². The smallest absolute Gasteiger partial charge is 0.169 e. The molecule has 0 aromatic carbocycles. The van der Waals surface area contributed by atoms with Crippen LogP contribution >= 0.6 is 15.9 Å². The number of furan rings is 1. The standard InChI is InChI=1S/C12H17BrO2/c1-8-2-4-9(5-3-8)12(14)10-6-7-11(13)15-10/h6-9,12,14H,2-5H2,1H3. The second kappa shape index (κ2) is 4.71. The van der Waals surface area contributed by atoms with Crippen LogP contribution in [0.1, 0.15) is 44.5 Å². The van der Waals surface area contributed by atoms with Gasteiger partial charge in [-0.15, -0.1) is 0 Å². The molecule has 2 rings (SSSR count). The van der Waals surface area contributed by atoms with Gasteiger partial charge in [-0.2, -0.15) is 0 Å². The predicted molar refractivity (Wildman–Crippen MR) is 62.5 cm³/mol. The highest BCUT2D eigenvalue weighted by Gasteiger charge is 2.27. The highest BCUT2D eigenvalue weighted by molar-refractivity contribution is 9.10. The number of hydrogen-bond donors (Lipinski definition) is 1. The minimum Gasteiger partial charge on any atom is -0.452 e. The Bertz CT molecular complexity index is 313. The van der Waals surface area contributed by atoms with Crippen molar-refractivity contribution in [3.63, 3.8) is 0 Å². The lowest BCUT2D eigenvalue weighted by Crippen LogP contribution is -2.18. The van der Waals surface area contributed by atoms with Crippen LogP contribution in [0.2, 0.25) is 0 Å². The molecule has 0 aliphatic heterocycles. The summed E-state index contributed by atoms with van der Waals surface area (Å²) in [5.41, 5.74) is 0. The molecule has 1 aromatic heterocycles. The predicted octanol–water partition coefficient (Wildman–Crippen LogP) is 3.90.